The fourth-order valence-corrected chi connectivity index (χ4v) is 1.03. The van der Waals surface area contributed by atoms with E-state index in [2.05, 4.69) is 15.0 Å². The third-order valence-electron chi connectivity index (χ3n) is 1.60. The predicted molar refractivity (Wildman–Crippen MR) is 48.1 cm³/mol. The predicted octanol–water partition coefficient (Wildman–Crippen LogP) is 0.832. The summed E-state index contributed by atoms with van der Waals surface area (Å²) in [5, 5.41) is 0. The Labute approximate surface area is 74.3 Å². The molecule has 2 rings (SSSR count). The van der Waals surface area contributed by atoms with Crippen molar-refractivity contribution in [3.8, 4) is 11.4 Å². The highest BCUT2D eigenvalue weighted by Crippen LogP contribution is 2.09. The summed E-state index contributed by atoms with van der Waals surface area (Å²) in [5.74, 6) is 0. The second-order valence-corrected chi connectivity index (χ2v) is 2.49. The third-order valence-corrected chi connectivity index (χ3v) is 1.60. The Morgan fingerprint density at radius 3 is 2.77 bits per heavy atom. The van der Waals surface area contributed by atoms with Gasteiger partial charge in [-0.2, -0.15) is 4.98 Å². The van der Waals surface area contributed by atoms with Crippen molar-refractivity contribution in [2.45, 2.75) is 0 Å². The molecule has 0 saturated carbocycles. The van der Waals surface area contributed by atoms with Crippen molar-refractivity contribution >= 4 is 0 Å². The number of nitrogens with zero attached hydrogens (tertiary/aromatic N) is 2. The van der Waals surface area contributed by atoms with Gasteiger partial charge in [0, 0.05) is 12.4 Å². The van der Waals surface area contributed by atoms with Crippen molar-refractivity contribution in [3.05, 3.63) is 47.1 Å². The molecular formula is C9H7N3O. The van der Waals surface area contributed by atoms with Gasteiger partial charge >= 0.3 is 5.69 Å². The normalized spacial score (nSPS) is 9.85. The van der Waals surface area contributed by atoms with Crippen molar-refractivity contribution in [1.82, 2.24) is 15.0 Å². The Morgan fingerprint density at radius 1 is 1.15 bits per heavy atom. The van der Waals surface area contributed by atoms with Crippen LogP contribution in [-0.4, -0.2) is 15.0 Å². The largest absolute Gasteiger partial charge is 0.345 e. The lowest BCUT2D eigenvalue weighted by atomic mass is 10.3. The van der Waals surface area contributed by atoms with Gasteiger partial charge in [-0.25, -0.2) is 4.79 Å². The summed E-state index contributed by atoms with van der Waals surface area (Å²) in [7, 11) is 0. The van der Waals surface area contributed by atoms with Crippen molar-refractivity contribution < 1.29 is 0 Å². The van der Waals surface area contributed by atoms with Crippen LogP contribution in [0, 0.1) is 0 Å². The van der Waals surface area contributed by atoms with Crippen LogP contribution in [0.1, 0.15) is 0 Å². The molecule has 0 atom stereocenters. The molecule has 0 fully saturated rings. The van der Waals surface area contributed by atoms with Gasteiger partial charge in [0.25, 0.3) is 0 Å². The van der Waals surface area contributed by atoms with Crippen LogP contribution in [0.4, 0.5) is 0 Å². The molecule has 64 valence electrons. The number of nitrogens with one attached hydrogen (secondary N) is 1. The number of hydrogen-bond acceptors (Lipinski definition) is 3. The summed E-state index contributed by atoms with van der Waals surface area (Å²) < 4.78 is 0. The average Bonchev–Trinajstić information content (AvgIpc) is 2.19. The molecule has 0 aliphatic rings. The van der Waals surface area contributed by atoms with E-state index < -0.39 is 0 Å². The first kappa shape index (κ1) is 7.67. The molecule has 0 aliphatic heterocycles. The topological polar surface area (TPSA) is 58.6 Å². The summed E-state index contributed by atoms with van der Waals surface area (Å²) in [6, 6.07) is 7.19. The molecule has 1 N–H and O–H groups in total. The molecule has 0 unspecified atom stereocenters. The van der Waals surface area contributed by atoms with E-state index in [1.807, 2.05) is 18.2 Å². The number of rotatable bonds is 1. The van der Waals surface area contributed by atoms with E-state index >= 15 is 0 Å². The first-order valence-electron chi connectivity index (χ1n) is 3.83. The van der Waals surface area contributed by atoms with Crippen LogP contribution in [0.2, 0.25) is 0 Å². The summed E-state index contributed by atoms with van der Waals surface area (Å²) in [4.78, 5) is 21.2. The first-order chi connectivity index (χ1) is 6.36. The minimum atomic E-state index is -0.358. The van der Waals surface area contributed by atoms with Crippen LogP contribution in [0.3, 0.4) is 0 Å². The van der Waals surface area contributed by atoms with Crippen molar-refractivity contribution in [3.63, 3.8) is 0 Å². The van der Waals surface area contributed by atoms with Crippen molar-refractivity contribution in [2.75, 3.05) is 0 Å². The standard InChI is InChI=1S/C9H7N3O/c13-9-11-6-4-8(12-9)7-3-1-2-5-10-7/h1-6H,(H,11,12,13). The van der Waals surface area contributed by atoms with E-state index in [4.69, 9.17) is 0 Å². The lowest BCUT2D eigenvalue weighted by Crippen LogP contribution is -2.09. The number of pyridine rings is 1. The highest BCUT2D eigenvalue weighted by molar-refractivity contribution is 5.52. The number of hydrogen-bond donors (Lipinski definition) is 1. The van der Waals surface area contributed by atoms with E-state index in [-0.39, 0.29) is 5.69 Å². The Balaban J connectivity index is 2.54. The SMILES string of the molecule is O=c1nc(-c2ccccn2)cc[nH]1. The molecule has 2 heterocycles. The first-order valence-corrected chi connectivity index (χ1v) is 3.83. The molecule has 4 heteroatoms. The highest BCUT2D eigenvalue weighted by atomic mass is 16.1. The van der Waals surface area contributed by atoms with E-state index in [9.17, 15) is 4.79 Å². The third kappa shape index (κ3) is 1.61. The molecule has 0 aliphatic carbocycles. The Hall–Kier alpha value is -1.97. The van der Waals surface area contributed by atoms with Gasteiger partial charge in [-0.15, -0.1) is 0 Å². The fraction of sp³-hybridized carbons (Fsp3) is 0. The summed E-state index contributed by atoms with van der Waals surface area (Å²) in [6.07, 6.45) is 3.22. The van der Waals surface area contributed by atoms with E-state index in [0.717, 1.165) is 0 Å². The Bertz CT molecular complexity index is 450. The van der Waals surface area contributed by atoms with Crippen LogP contribution >= 0.6 is 0 Å². The van der Waals surface area contributed by atoms with Gasteiger partial charge < -0.3 is 4.98 Å². The van der Waals surface area contributed by atoms with E-state index in [1.165, 1.54) is 0 Å². The molecule has 4 nitrogen and oxygen atoms in total. The molecule has 2 aromatic rings. The molecule has 0 bridgehead atoms. The number of aromatic nitrogens is 3. The minimum Gasteiger partial charge on any atom is -0.313 e. The van der Waals surface area contributed by atoms with E-state index in [0.29, 0.717) is 11.4 Å². The summed E-state index contributed by atoms with van der Waals surface area (Å²) in [5.41, 5.74) is 0.932. The number of aromatic amines is 1. The van der Waals surface area contributed by atoms with Crippen LogP contribution < -0.4 is 5.69 Å². The molecular weight excluding hydrogens is 166 g/mol. The zero-order valence-corrected chi connectivity index (χ0v) is 6.77. The maximum absolute atomic E-state index is 10.9. The van der Waals surface area contributed by atoms with E-state index in [1.54, 1.807) is 18.5 Å². The summed E-state index contributed by atoms with van der Waals surface area (Å²) >= 11 is 0. The Kier molecular flexibility index (Phi) is 1.88. The molecule has 0 radical (unpaired) electrons. The highest BCUT2D eigenvalue weighted by Gasteiger charge is 1.98. The molecule has 0 spiro atoms. The van der Waals surface area contributed by atoms with Crippen molar-refractivity contribution in [2.24, 2.45) is 0 Å². The molecule has 0 saturated heterocycles. The van der Waals surface area contributed by atoms with Gasteiger partial charge in [0.1, 0.15) is 0 Å². The second kappa shape index (κ2) is 3.18. The average molecular weight is 173 g/mol. The smallest absolute Gasteiger partial charge is 0.313 e. The van der Waals surface area contributed by atoms with Gasteiger partial charge in [0.15, 0.2) is 0 Å². The maximum atomic E-state index is 10.9. The lowest BCUT2D eigenvalue weighted by Gasteiger charge is -1.95. The second-order valence-electron chi connectivity index (χ2n) is 2.49. The summed E-state index contributed by atoms with van der Waals surface area (Å²) in [6.45, 7) is 0. The minimum absolute atomic E-state index is 0.358. The van der Waals surface area contributed by atoms with Crippen LogP contribution in [0.15, 0.2) is 41.5 Å². The zero-order chi connectivity index (χ0) is 9.10. The van der Waals surface area contributed by atoms with Gasteiger partial charge in [-0.1, -0.05) is 6.07 Å². The fourth-order valence-electron chi connectivity index (χ4n) is 1.03. The maximum Gasteiger partial charge on any atom is 0.345 e. The van der Waals surface area contributed by atoms with Gasteiger partial charge in [0.2, 0.25) is 0 Å². The molecule has 0 aromatic carbocycles. The van der Waals surface area contributed by atoms with Gasteiger partial charge in [0.05, 0.1) is 11.4 Å². The molecule has 13 heavy (non-hydrogen) atoms. The number of H-pyrrole nitrogens is 1. The van der Waals surface area contributed by atoms with Crippen LogP contribution in [-0.2, 0) is 0 Å². The zero-order valence-electron chi connectivity index (χ0n) is 6.77. The monoisotopic (exact) mass is 173 g/mol. The molecule has 0 amide bonds. The Morgan fingerprint density at radius 2 is 2.08 bits per heavy atom. The quantitative estimate of drug-likeness (QED) is 0.694. The lowest BCUT2D eigenvalue weighted by molar-refractivity contribution is 1.07. The van der Waals surface area contributed by atoms with Crippen LogP contribution in [0.5, 0.6) is 0 Å². The van der Waals surface area contributed by atoms with Gasteiger partial charge in [-0.3, -0.25) is 4.98 Å². The molecule has 2 aromatic heterocycles. The van der Waals surface area contributed by atoms with Gasteiger partial charge in [-0.05, 0) is 18.2 Å². The van der Waals surface area contributed by atoms with Crippen LogP contribution in [0.25, 0.3) is 11.4 Å². The van der Waals surface area contributed by atoms with Crippen molar-refractivity contribution in [1.29, 1.82) is 0 Å².